The predicted molar refractivity (Wildman–Crippen MR) is 101 cm³/mol. The smallest absolute Gasteiger partial charge is 0.233 e. The van der Waals surface area contributed by atoms with Crippen molar-refractivity contribution in [2.75, 3.05) is 32.2 Å². The number of halogens is 2. The summed E-state index contributed by atoms with van der Waals surface area (Å²) in [5.74, 6) is -0.00322. The molecule has 2 aromatic rings. The Kier molecular flexibility index (Phi) is 6.94. The number of hydrogen-bond donors (Lipinski definition) is 2. The summed E-state index contributed by atoms with van der Waals surface area (Å²) in [5, 5.41) is 5.05. The summed E-state index contributed by atoms with van der Waals surface area (Å²) in [6.07, 6.45) is 1.18. The Morgan fingerprint density at radius 3 is 2.85 bits per heavy atom. The van der Waals surface area contributed by atoms with Crippen molar-refractivity contribution >= 4 is 34.8 Å². The third kappa shape index (κ3) is 4.15. The van der Waals surface area contributed by atoms with Crippen LogP contribution in [-0.2, 0) is 9.53 Å². The Labute approximate surface area is 161 Å². The summed E-state index contributed by atoms with van der Waals surface area (Å²) in [6, 6.07) is 4.24. The van der Waals surface area contributed by atoms with Crippen molar-refractivity contribution in [2.45, 2.75) is 12.8 Å². The second kappa shape index (κ2) is 8.77. The van der Waals surface area contributed by atoms with E-state index in [4.69, 9.17) is 15.2 Å². The number of carbonyl (C=O) groups is 1. The van der Waals surface area contributed by atoms with Crippen LogP contribution in [0.4, 0.5) is 9.52 Å². The van der Waals surface area contributed by atoms with E-state index in [1.807, 2.05) is 0 Å². The molecule has 1 aromatic carbocycles. The van der Waals surface area contributed by atoms with Gasteiger partial charge in [0.1, 0.15) is 11.6 Å². The molecule has 3 N–H and O–H groups in total. The molecule has 0 unspecified atom stereocenters. The van der Waals surface area contributed by atoms with E-state index < -0.39 is 5.41 Å². The van der Waals surface area contributed by atoms with Gasteiger partial charge in [-0.3, -0.25) is 4.79 Å². The molecule has 1 aliphatic heterocycles. The minimum Gasteiger partial charge on any atom is -0.496 e. The summed E-state index contributed by atoms with van der Waals surface area (Å²) in [4.78, 5) is 17.1. The molecule has 142 valence electrons. The number of amides is 1. The number of nitrogens with zero attached hydrogens (tertiary/aromatic N) is 1. The van der Waals surface area contributed by atoms with Gasteiger partial charge in [0, 0.05) is 30.7 Å². The number of carbonyl (C=O) groups excluding carboxylic acids is 1. The lowest BCUT2D eigenvalue weighted by atomic mass is 9.79. The maximum absolute atomic E-state index is 13.5. The van der Waals surface area contributed by atoms with Crippen molar-refractivity contribution in [3.05, 3.63) is 29.4 Å². The maximum Gasteiger partial charge on any atom is 0.233 e. The van der Waals surface area contributed by atoms with Gasteiger partial charge in [-0.2, -0.15) is 0 Å². The summed E-state index contributed by atoms with van der Waals surface area (Å²) < 4.78 is 24.1. The van der Waals surface area contributed by atoms with Crippen molar-refractivity contribution in [3.8, 4) is 17.0 Å². The van der Waals surface area contributed by atoms with Gasteiger partial charge in [-0.1, -0.05) is 0 Å². The molecule has 3 rings (SSSR count). The van der Waals surface area contributed by atoms with Crippen LogP contribution in [-0.4, -0.2) is 37.8 Å². The van der Waals surface area contributed by atoms with Crippen LogP contribution in [0.15, 0.2) is 23.6 Å². The minimum atomic E-state index is -0.624. The highest BCUT2D eigenvalue weighted by molar-refractivity contribution is 7.14. The van der Waals surface area contributed by atoms with Gasteiger partial charge >= 0.3 is 0 Å². The molecule has 2 heterocycles. The van der Waals surface area contributed by atoms with E-state index in [-0.39, 0.29) is 30.7 Å². The highest BCUT2D eigenvalue weighted by Gasteiger charge is 2.39. The molecule has 9 heteroatoms. The summed E-state index contributed by atoms with van der Waals surface area (Å²) in [5.41, 5.74) is 6.31. The van der Waals surface area contributed by atoms with Crippen molar-refractivity contribution in [1.82, 2.24) is 4.98 Å². The zero-order valence-corrected chi connectivity index (χ0v) is 15.9. The number of benzene rings is 1. The molecule has 0 bridgehead atoms. The van der Waals surface area contributed by atoms with Crippen LogP contribution in [0.2, 0.25) is 0 Å². The lowest BCUT2D eigenvalue weighted by Gasteiger charge is -2.34. The fourth-order valence-electron chi connectivity index (χ4n) is 2.85. The number of aromatic nitrogens is 1. The molecule has 0 aliphatic carbocycles. The highest BCUT2D eigenvalue weighted by Crippen LogP contribution is 2.35. The second-order valence-electron chi connectivity index (χ2n) is 5.93. The fraction of sp³-hybridized carbons (Fsp3) is 0.412. The van der Waals surface area contributed by atoms with Crippen LogP contribution in [0.5, 0.6) is 5.75 Å². The molecule has 1 fully saturated rings. The van der Waals surface area contributed by atoms with Gasteiger partial charge in [0.25, 0.3) is 0 Å². The number of nitrogens with two attached hydrogens (primary N) is 1. The van der Waals surface area contributed by atoms with E-state index in [1.54, 1.807) is 11.4 Å². The number of methoxy groups -OCH3 is 1. The number of thiazole rings is 1. The number of anilines is 1. The summed E-state index contributed by atoms with van der Waals surface area (Å²) >= 11 is 1.28. The Balaban J connectivity index is 0.00000243. The topological polar surface area (TPSA) is 86.5 Å². The quantitative estimate of drug-likeness (QED) is 0.804. The van der Waals surface area contributed by atoms with Gasteiger partial charge in [0.05, 0.1) is 18.2 Å². The zero-order chi connectivity index (χ0) is 17.9. The molecule has 6 nitrogen and oxygen atoms in total. The first kappa shape index (κ1) is 20.6. The van der Waals surface area contributed by atoms with E-state index >= 15 is 0 Å². The second-order valence-corrected chi connectivity index (χ2v) is 6.79. The first-order chi connectivity index (χ1) is 12.1. The number of nitrogens with one attached hydrogen (secondary N) is 1. The SMILES string of the molecule is COc1ccc(F)cc1-c1csc(NC(=O)C2(CN)CCOCC2)n1.Cl. The first-order valence-electron chi connectivity index (χ1n) is 7.97. The van der Waals surface area contributed by atoms with E-state index in [1.165, 1.54) is 30.6 Å². The lowest BCUT2D eigenvalue weighted by molar-refractivity contribution is -0.130. The average Bonchev–Trinajstić information content (AvgIpc) is 3.10. The van der Waals surface area contributed by atoms with Gasteiger partial charge in [-0.05, 0) is 31.0 Å². The summed E-state index contributed by atoms with van der Waals surface area (Å²) in [6.45, 7) is 1.31. The Morgan fingerprint density at radius 1 is 1.46 bits per heavy atom. The van der Waals surface area contributed by atoms with Crippen LogP contribution < -0.4 is 15.8 Å². The number of hydrogen-bond acceptors (Lipinski definition) is 6. The lowest BCUT2D eigenvalue weighted by Crippen LogP contribution is -2.46. The molecule has 0 radical (unpaired) electrons. The van der Waals surface area contributed by atoms with Crippen molar-refractivity contribution in [1.29, 1.82) is 0 Å². The van der Waals surface area contributed by atoms with Crippen LogP contribution in [0.1, 0.15) is 12.8 Å². The van der Waals surface area contributed by atoms with E-state index in [9.17, 15) is 9.18 Å². The van der Waals surface area contributed by atoms with Crippen LogP contribution in [0.3, 0.4) is 0 Å². The molecular formula is C17H21ClFN3O3S. The van der Waals surface area contributed by atoms with Gasteiger partial charge in [-0.25, -0.2) is 9.37 Å². The van der Waals surface area contributed by atoms with Crippen LogP contribution in [0, 0.1) is 11.2 Å². The Bertz CT molecular complexity index is 765. The molecule has 0 atom stereocenters. The fourth-order valence-corrected chi connectivity index (χ4v) is 3.56. The number of ether oxygens (including phenoxy) is 2. The Hall–Kier alpha value is -1.74. The van der Waals surface area contributed by atoms with Crippen molar-refractivity contribution < 1.29 is 18.7 Å². The molecule has 1 amide bonds. The zero-order valence-electron chi connectivity index (χ0n) is 14.3. The van der Waals surface area contributed by atoms with E-state index in [0.717, 1.165) is 0 Å². The van der Waals surface area contributed by atoms with Gasteiger partial charge in [0.15, 0.2) is 5.13 Å². The average molecular weight is 402 g/mol. The molecule has 1 aliphatic rings. The van der Waals surface area contributed by atoms with Gasteiger partial charge in [0.2, 0.25) is 5.91 Å². The standard InChI is InChI=1S/C17H20FN3O3S.ClH/c1-23-14-3-2-11(18)8-12(14)13-9-25-16(20-13)21-15(22)17(10-19)4-6-24-7-5-17;/h2-3,8-9H,4-7,10,19H2,1H3,(H,20,21,22);1H. The summed E-state index contributed by atoms with van der Waals surface area (Å²) in [7, 11) is 1.52. The molecular weight excluding hydrogens is 381 g/mol. The number of rotatable bonds is 5. The predicted octanol–water partition coefficient (Wildman–Crippen LogP) is 3.07. The monoisotopic (exact) mass is 401 g/mol. The van der Waals surface area contributed by atoms with E-state index in [2.05, 4.69) is 10.3 Å². The van der Waals surface area contributed by atoms with Crippen molar-refractivity contribution in [2.24, 2.45) is 11.1 Å². The molecule has 0 spiro atoms. The normalized spacial score (nSPS) is 15.8. The van der Waals surface area contributed by atoms with Crippen molar-refractivity contribution in [3.63, 3.8) is 0 Å². The third-order valence-electron chi connectivity index (χ3n) is 4.48. The molecule has 0 saturated carbocycles. The third-order valence-corrected chi connectivity index (χ3v) is 5.24. The largest absolute Gasteiger partial charge is 0.496 e. The van der Waals surface area contributed by atoms with Crippen LogP contribution in [0.25, 0.3) is 11.3 Å². The van der Waals surface area contributed by atoms with Gasteiger partial charge < -0.3 is 20.5 Å². The van der Waals surface area contributed by atoms with Crippen LogP contribution >= 0.6 is 23.7 Å². The minimum absolute atomic E-state index is 0. The van der Waals surface area contributed by atoms with E-state index in [0.29, 0.717) is 48.2 Å². The Morgan fingerprint density at radius 2 is 2.19 bits per heavy atom. The highest BCUT2D eigenvalue weighted by atomic mass is 35.5. The maximum atomic E-state index is 13.5. The van der Waals surface area contributed by atoms with Gasteiger partial charge in [-0.15, -0.1) is 23.7 Å². The molecule has 26 heavy (non-hydrogen) atoms. The molecule has 1 aromatic heterocycles. The molecule has 1 saturated heterocycles. The first-order valence-corrected chi connectivity index (χ1v) is 8.85.